The van der Waals surface area contributed by atoms with Crippen molar-refractivity contribution < 1.29 is 0 Å². The molecule has 0 aliphatic carbocycles. The van der Waals surface area contributed by atoms with Crippen LogP contribution >= 0.6 is 22.6 Å². The van der Waals surface area contributed by atoms with E-state index >= 15 is 0 Å². The molecule has 0 amide bonds. The molecule has 60 valence electrons. The van der Waals surface area contributed by atoms with Crippen molar-refractivity contribution in [2.45, 2.75) is 6.92 Å². The van der Waals surface area contributed by atoms with E-state index in [1.54, 1.807) is 0 Å². The van der Waals surface area contributed by atoms with Crippen LogP contribution in [-0.2, 0) is 0 Å². The van der Waals surface area contributed by atoms with Crippen LogP contribution in [0.15, 0.2) is 30.5 Å². The Morgan fingerprint density at radius 2 is 2.08 bits per heavy atom. The Bertz CT molecular complexity index is 386. The molecule has 2 rings (SSSR count). The van der Waals surface area contributed by atoms with Gasteiger partial charge in [-0.1, -0.05) is 6.07 Å². The van der Waals surface area contributed by atoms with Gasteiger partial charge < -0.3 is 0 Å². The fourth-order valence-corrected chi connectivity index (χ4v) is 2.23. The van der Waals surface area contributed by atoms with E-state index in [1.807, 2.05) is 24.4 Å². The quantitative estimate of drug-likeness (QED) is 0.669. The van der Waals surface area contributed by atoms with Crippen molar-refractivity contribution in [1.29, 1.82) is 0 Å². The van der Waals surface area contributed by atoms with Crippen LogP contribution in [0.2, 0.25) is 0 Å². The molecule has 0 bridgehead atoms. The van der Waals surface area contributed by atoms with E-state index in [0.717, 1.165) is 5.52 Å². The van der Waals surface area contributed by atoms with Gasteiger partial charge in [0.05, 0.1) is 5.52 Å². The lowest BCUT2D eigenvalue weighted by Gasteiger charge is -2.01. The number of fused-ring (bicyclic) bond motifs is 1. The summed E-state index contributed by atoms with van der Waals surface area (Å²) in [6.07, 6.45) is 1.85. The maximum Gasteiger partial charge on any atom is 0.0715 e. The fourth-order valence-electron chi connectivity index (χ4n) is 1.32. The van der Waals surface area contributed by atoms with Crippen LogP contribution in [0.3, 0.4) is 0 Å². The first-order valence-electron chi connectivity index (χ1n) is 3.79. The van der Waals surface area contributed by atoms with Crippen molar-refractivity contribution >= 4 is 33.5 Å². The van der Waals surface area contributed by atoms with Crippen molar-refractivity contribution in [2.75, 3.05) is 0 Å². The van der Waals surface area contributed by atoms with Crippen molar-refractivity contribution in [3.8, 4) is 0 Å². The Balaban J connectivity index is 2.96. The molecule has 0 saturated heterocycles. The summed E-state index contributed by atoms with van der Waals surface area (Å²) in [4.78, 5) is 4.30. The number of aromatic nitrogens is 1. The third-order valence-corrected chi connectivity index (χ3v) is 2.82. The highest BCUT2D eigenvalue weighted by Crippen LogP contribution is 2.21. The van der Waals surface area contributed by atoms with Gasteiger partial charge in [-0.2, -0.15) is 0 Å². The van der Waals surface area contributed by atoms with Gasteiger partial charge in [-0.15, -0.1) is 0 Å². The molecule has 0 N–H and O–H groups in total. The number of hydrogen-bond donors (Lipinski definition) is 0. The maximum atomic E-state index is 4.30. The van der Waals surface area contributed by atoms with Crippen LogP contribution in [-0.4, -0.2) is 4.98 Å². The molecule has 0 unspecified atom stereocenters. The Morgan fingerprint density at radius 3 is 2.83 bits per heavy atom. The molecule has 1 aromatic heterocycles. The minimum atomic E-state index is 1.09. The molecule has 0 atom stereocenters. The summed E-state index contributed by atoms with van der Waals surface area (Å²) in [5.74, 6) is 0. The van der Waals surface area contributed by atoms with E-state index in [2.05, 4.69) is 40.6 Å². The molecule has 0 fully saturated rings. The molecular weight excluding hydrogens is 261 g/mol. The number of rotatable bonds is 0. The van der Waals surface area contributed by atoms with Crippen molar-refractivity contribution in [3.05, 3.63) is 39.6 Å². The molecule has 12 heavy (non-hydrogen) atoms. The number of benzene rings is 1. The van der Waals surface area contributed by atoms with Crippen molar-refractivity contribution in [2.24, 2.45) is 0 Å². The van der Waals surface area contributed by atoms with Gasteiger partial charge in [0, 0.05) is 15.2 Å². The summed E-state index contributed by atoms with van der Waals surface area (Å²) in [6, 6.07) is 8.24. The van der Waals surface area contributed by atoms with E-state index in [-0.39, 0.29) is 0 Å². The summed E-state index contributed by atoms with van der Waals surface area (Å²) in [5.41, 5.74) is 2.38. The Morgan fingerprint density at radius 1 is 1.25 bits per heavy atom. The zero-order chi connectivity index (χ0) is 8.55. The third-order valence-electron chi connectivity index (χ3n) is 1.92. The van der Waals surface area contributed by atoms with Crippen LogP contribution < -0.4 is 0 Å². The fraction of sp³-hybridized carbons (Fsp3) is 0.100. The summed E-state index contributed by atoms with van der Waals surface area (Å²) < 4.78 is 1.27. The minimum Gasteiger partial charge on any atom is -0.256 e. The Hall–Kier alpha value is -0.640. The lowest BCUT2D eigenvalue weighted by Crippen LogP contribution is -1.84. The first-order valence-corrected chi connectivity index (χ1v) is 4.87. The average molecular weight is 269 g/mol. The van der Waals surface area contributed by atoms with Gasteiger partial charge in [0.2, 0.25) is 0 Å². The van der Waals surface area contributed by atoms with Gasteiger partial charge in [-0.05, 0) is 53.3 Å². The number of nitrogens with zero attached hydrogens (tertiary/aromatic N) is 1. The van der Waals surface area contributed by atoms with Crippen LogP contribution in [0.25, 0.3) is 10.9 Å². The van der Waals surface area contributed by atoms with E-state index in [1.165, 1.54) is 14.5 Å². The molecule has 1 nitrogen and oxygen atoms in total. The first kappa shape index (κ1) is 7.98. The molecular formula is C10H8IN. The predicted molar refractivity (Wildman–Crippen MR) is 59.2 cm³/mol. The van der Waals surface area contributed by atoms with Crippen LogP contribution in [0.1, 0.15) is 5.56 Å². The average Bonchev–Trinajstić information content (AvgIpc) is 2.04. The molecule has 0 spiro atoms. The second-order valence-corrected chi connectivity index (χ2v) is 3.92. The van der Waals surface area contributed by atoms with Gasteiger partial charge in [0.15, 0.2) is 0 Å². The number of halogens is 1. The molecule has 2 aromatic rings. The van der Waals surface area contributed by atoms with Gasteiger partial charge in [0.1, 0.15) is 0 Å². The molecule has 1 heterocycles. The highest BCUT2D eigenvalue weighted by molar-refractivity contribution is 14.1. The number of pyridine rings is 1. The normalized spacial score (nSPS) is 10.5. The molecule has 0 aliphatic rings. The topological polar surface area (TPSA) is 12.9 Å². The number of hydrogen-bond acceptors (Lipinski definition) is 1. The van der Waals surface area contributed by atoms with Crippen molar-refractivity contribution in [3.63, 3.8) is 0 Å². The van der Waals surface area contributed by atoms with Gasteiger partial charge in [0.25, 0.3) is 0 Å². The summed E-state index contributed by atoms with van der Waals surface area (Å²) in [7, 11) is 0. The zero-order valence-corrected chi connectivity index (χ0v) is 8.87. The lowest BCUT2D eigenvalue weighted by molar-refractivity contribution is 1.36. The lowest BCUT2D eigenvalue weighted by atomic mass is 10.1. The van der Waals surface area contributed by atoms with E-state index in [4.69, 9.17) is 0 Å². The molecule has 0 radical (unpaired) electrons. The van der Waals surface area contributed by atoms with E-state index < -0.39 is 0 Å². The first-order chi connectivity index (χ1) is 5.79. The monoisotopic (exact) mass is 269 g/mol. The highest BCUT2D eigenvalue weighted by atomic mass is 127. The SMILES string of the molecule is Cc1ccnc2cccc(I)c12. The maximum absolute atomic E-state index is 4.30. The molecule has 0 aliphatic heterocycles. The Kier molecular flexibility index (Phi) is 2.00. The van der Waals surface area contributed by atoms with Crippen LogP contribution in [0.5, 0.6) is 0 Å². The molecule has 0 saturated carbocycles. The molecule has 2 heteroatoms. The van der Waals surface area contributed by atoms with Crippen LogP contribution in [0, 0.1) is 10.5 Å². The number of aryl methyl sites for hydroxylation is 1. The summed E-state index contributed by atoms with van der Waals surface area (Å²) in [6.45, 7) is 2.12. The second-order valence-electron chi connectivity index (χ2n) is 2.76. The van der Waals surface area contributed by atoms with E-state index in [9.17, 15) is 0 Å². The van der Waals surface area contributed by atoms with Gasteiger partial charge >= 0.3 is 0 Å². The minimum absolute atomic E-state index is 1.09. The van der Waals surface area contributed by atoms with Crippen molar-refractivity contribution in [1.82, 2.24) is 4.98 Å². The van der Waals surface area contributed by atoms with Crippen LogP contribution in [0.4, 0.5) is 0 Å². The zero-order valence-electron chi connectivity index (χ0n) is 6.71. The standard InChI is InChI=1S/C10H8IN/c1-7-5-6-12-9-4-2-3-8(11)10(7)9/h2-6H,1H3. The third kappa shape index (κ3) is 1.20. The predicted octanol–water partition coefficient (Wildman–Crippen LogP) is 3.15. The van der Waals surface area contributed by atoms with Gasteiger partial charge in [-0.25, -0.2) is 0 Å². The molecule has 1 aromatic carbocycles. The second kappa shape index (κ2) is 3.01. The summed E-state index contributed by atoms with van der Waals surface area (Å²) in [5, 5.41) is 1.28. The largest absolute Gasteiger partial charge is 0.256 e. The van der Waals surface area contributed by atoms with E-state index in [0.29, 0.717) is 0 Å². The smallest absolute Gasteiger partial charge is 0.0715 e. The highest BCUT2D eigenvalue weighted by Gasteiger charge is 2.00. The van der Waals surface area contributed by atoms with Gasteiger partial charge in [-0.3, -0.25) is 4.98 Å². The summed E-state index contributed by atoms with van der Waals surface area (Å²) >= 11 is 2.34. The Labute approximate surface area is 85.0 Å².